The predicted octanol–water partition coefficient (Wildman–Crippen LogP) is 3.36. The molecule has 1 aromatic heterocycles. The minimum atomic E-state index is -0.710. The molecule has 0 radical (unpaired) electrons. The van der Waals surface area contributed by atoms with E-state index >= 15 is 0 Å². The molecule has 3 amide bonds. The summed E-state index contributed by atoms with van der Waals surface area (Å²) in [7, 11) is 0. The van der Waals surface area contributed by atoms with Crippen LogP contribution in [0.1, 0.15) is 45.2 Å². The van der Waals surface area contributed by atoms with E-state index in [1.165, 1.54) is 16.8 Å². The van der Waals surface area contributed by atoms with Crippen molar-refractivity contribution < 1.29 is 14.4 Å². The van der Waals surface area contributed by atoms with Crippen molar-refractivity contribution in [3.8, 4) is 5.69 Å². The number of hydrogen-bond acceptors (Lipinski definition) is 4. The number of nitrogens with two attached hydrogens (primary N) is 1. The Morgan fingerprint density at radius 3 is 2.32 bits per heavy atom. The van der Waals surface area contributed by atoms with Gasteiger partial charge >= 0.3 is 0 Å². The summed E-state index contributed by atoms with van der Waals surface area (Å²) in [6.07, 6.45) is 0. The Morgan fingerprint density at radius 2 is 1.74 bits per heavy atom. The summed E-state index contributed by atoms with van der Waals surface area (Å²) >= 11 is 6.28. The molecule has 3 aromatic rings. The maximum Gasteiger partial charge on any atom is 0.276 e. The van der Waals surface area contributed by atoms with Crippen molar-refractivity contribution in [2.45, 2.75) is 13.8 Å². The first kappa shape index (κ1) is 22.0. The third-order valence-corrected chi connectivity index (χ3v) is 5.02. The zero-order valence-electron chi connectivity index (χ0n) is 17.1. The number of benzene rings is 2. The van der Waals surface area contributed by atoms with Gasteiger partial charge in [0.05, 0.1) is 16.3 Å². The standard InChI is InChI=1S/C22H22ClN5O3/c1-3-27(4-2)22(31)16-11-10-14(12-17(16)23)25-21(30)18-13-19(20(24)29)28(26-18)15-8-6-5-7-9-15/h5-13H,3-4H2,1-2H3,(H2,24,29)(H,25,30). The maximum atomic E-state index is 12.7. The van der Waals surface area contributed by atoms with E-state index < -0.39 is 11.8 Å². The van der Waals surface area contributed by atoms with Crippen LogP contribution in [0.2, 0.25) is 5.02 Å². The highest BCUT2D eigenvalue weighted by Crippen LogP contribution is 2.23. The summed E-state index contributed by atoms with van der Waals surface area (Å²) in [5.41, 5.74) is 6.87. The molecule has 0 aliphatic heterocycles. The number of nitrogens with one attached hydrogen (secondary N) is 1. The summed E-state index contributed by atoms with van der Waals surface area (Å²) < 4.78 is 1.32. The lowest BCUT2D eigenvalue weighted by Gasteiger charge is -2.19. The van der Waals surface area contributed by atoms with E-state index in [-0.39, 0.29) is 22.3 Å². The van der Waals surface area contributed by atoms with Gasteiger partial charge in [-0.2, -0.15) is 5.10 Å². The number of para-hydroxylation sites is 1. The van der Waals surface area contributed by atoms with Crippen molar-refractivity contribution in [1.29, 1.82) is 0 Å². The number of amides is 3. The number of carbonyl (C=O) groups is 3. The fourth-order valence-corrected chi connectivity index (χ4v) is 3.34. The second kappa shape index (κ2) is 9.44. The van der Waals surface area contributed by atoms with Gasteiger partial charge in [-0.25, -0.2) is 4.68 Å². The highest BCUT2D eigenvalue weighted by atomic mass is 35.5. The number of halogens is 1. The number of aromatic nitrogens is 2. The lowest BCUT2D eigenvalue weighted by molar-refractivity contribution is 0.0772. The molecule has 0 fully saturated rings. The van der Waals surface area contributed by atoms with E-state index in [1.807, 2.05) is 19.9 Å². The highest BCUT2D eigenvalue weighted by Gasteiger charge is 2.20. The normalized spacial score (nSPS) is 10.5. The average molecular weight is 440 g/mol. The molecule has 31 heavy (non-hydrogen) atoms. The third-order valence-electron chi connectivity index (χ3n) is 4.70. The summed E-state index contributed by atoms with van der Waals surface area (Å²) in [6, 6.07) is 14.8. The van der Waals surface area contributed by atoms with E-state index in [4.69, 9.17) is 17.3 Å². The van der Waals surface area contributed by atoms with Crippen molar-refractivity contribution in [3.05, 3.63) is 76.6 Å². The van der Waals surface area contributed by atoms with Crippen molar-refractivity contribution in [1.82, 2.24) is 14.7 Å². The molecule has 3 rings (SSSR count). The van der Waals surface area contributed by atoms with Crippen LogP contribution < -0.4 is 11.1 Å². The smallest absolute Gasteiger partial charge is 0.276 e. The van der Waals surface area contributed by atoms with Crippen LogP contribution in [0.5, 0.6) is 0 Å². The van der Waals surface area contributed by atoms with E-state index in [0.717, 1.165) is 0 Å². The largest absolute Gasteiger partial charge is 0.364 e. The van der Waals surface area contributed by atoms with Crippen LogP contribution in [0.3, 0.4) is 0 Å². The summed E-state index contributed by atoms with van der Waals surface area (Å²) in [5.74, 6) is -1.44. The lowest BCUT2D eigenvalue weighted by atomic mass is 10.1. The van der Waals surface area contributed by atoms with Gasteiger partial charge in [-0.3, -0.25) is 14.4 Å². The predicted molar refractivity (Wildman–Crippen MR) is 119 cm³/mol. The van der Waals surface area contributed by atoms with Gasteiger partial charge in [-0.15, -0.1) is 0 Å². The monoisotopic (exact) mass is 439 g/mol. The molecule has 0 spiro atoms. The Morgan fingerprint density at radius 1 is 1.06 bits per heavy atom. The molecular formula is C22H22ClN5O3. The Bertz CT molecular complexity index is 1120. The molecule has 8 nitrogen and oxygen atoms in total. The molecule has 160 valence electrons. The SMILES string of the molecule is CCN(CC)C(=O)c1ccc(NC(=O)c2cc(C(N)=O)n(-c3ccccc3)n2)cc1Cl. The molecule has 0 aliphatic rings. The summed E-state index contributed by atoms with van der Waals surface area (Å²) in [4.78, 5) is 38.7. The van der Waals surface area contributed by atoms with E-state index in [1.54, 1.807) is 41.3 Å². The highest BCUT2D eigenvalue weighted by molar-refractivity contribution is 6.34. The molecule has 1 heterocycles. The molecule has 0 atom stereocenters. The zero-order chi connectivity index (χ0) is 22.5. The Hall–Kier alpha value is -3.65. The summed E-state index contributed by atoms with van der Waals surface area (Å²) in [5, 5.41) is 7.12. The Labute approximate surface area is 184 Å². The number of carbonyl (C=O) groups excluding carboxylic acids is 3. The molecule has 9 heteroatoms. The van der Waals surface area contributed by atoms with Crippen molar-refractivity contribution in [2.75, 3.05) is 18.4 Å². The molecule has 0 saturated heterocycles. The van der Waals surface area contributed by atoms with Gasteiger partial charge in [-0.05, 0) is 44.2 Å². The molecule has 0 bridgehead atoms. The van der Waals surface area contributed by atoms with Crippen molar-refractivity contribution in [3.63, 3.8) is 0 Å². The fourth-order valence-electron chi connectivity index (χ4n) is 3.08. The van der Waals surface area contributed by atoms with E-state index in [2.05, 4.69) is 10.4 Å². The second-order valence-electron chi connectivity index (χ2n) is 6.65. The zero-order valence-corrected chi connectivity index (χ0v) is 17.9. The lowest BCUT2D eigenvalue weighted by Crippen LogP contribution is -2.30. The van der Waals surface area contributed by atoms with Crippen LogP contribution >= 0.6 is 11.6 Å². The number of rotatable bonds is 7. The first-order valence-electron chi connectivity index (χ1n) is 9.71. The first-order chi connectivity index (χ1) is 14.8. The van der Waals surface area contributed by atoms with Gasteiger partial charge in [0.2, 0.25) is 0 Å². The van der Waals surface area contributed by atoms with Gasteiger partial charge in [-0.1, -0.05) is 29.8 Å². The minimum Gasteiger partial charge on any atom is -0.364 e. The Kier molecular flexibility index (Phi) is 6.71. The Balaban J connectivity index is 1.84. The average Bonchev–Trinajstić information content (AvgIpc) is 3.21. The molecule has 3 N–H and O–H groups in total. The topological polar surface area (TPSA) is 110 Å². The molecule has 0 aliphatic carbocycles. The number of hydrogen-bond donors (Lipinski definition) is 2. The quantitative estimate of drug-likeness (QED) is 0.588. The number of primary amides is 1. The van der Waals surface area contributed by atoms with Gasteiger partial charge in [0.25, 0.3) is 17.7 Å². The second-order valence-corrected chi connectivity index (χ2v) is 7.06. The number of nitrogens with zero attached hydrogens (tertiary/aromatic N) is 3. The van der Waals surface area contributed by atoms with E-state index in [9.17, 15) is 14.4 Å². The van der Waals surface area contributed by atoms with Gasteiger partial charge in [0.1, 0.15) is 5.69 Å². The van der Waals surface area contributed by atoms with E-state index in [0.29, 0.717) is 30.0 Å². The summed E-state index contributed by atoms with van der Waals surface area (Å²) in [6.45, 7) is 4.91. The van der Waals surface area contributed by atoms with Gasteiger partial charge < -0.3 is 16.0 Å². The fraction of sp³-hybridized carbons (Fsp3) is 0.182. The van der Waals surface area contributed by atoms with Crippen LogP contribution in [0.4, 0.5) is 5.69 Å². The molecule has 0 unspecified atom stereocenters. The van der Waals surface area contributed by atoms with Gasteiger partial charge in [0.15, 0.2) is 5.69 Å². The molecular weight excluding hydrogens is 418 g/mol. The minimum absolute atomic E-state index is 0.0112. The maximum absolute atomic E-state index is 12.7. The third kappa shape index (κ3) is 4.75. The van der Waals surface area contributed by atoms with Crippen LogP contribution in [0, 0.1) is 0 Å². The molecule has 2 aromatic carbocycles. The number of anilines is 1. The van der Waals surface area contributed by atoms with Crippen LogP contribution in [-0.2, 0) is 0 Å². The van der Waals surface area contributed by atoms with Crippen LogP contribution in [0.25, 0.3) is 5.69 Å². The van der Waals surface area contributed by atoms with Crippen LogP contribution in [0.15, 0.2) is 54.6 Å². The van der Waals surface area contributed by atoms with Crippen LogP contribution in [-0.4, -0.2) is 45.5 Å². The van der Waals surface area contributed by atoms with Gasteiger partial charge in [0, 0.05) is 24.8 Å². The van der Waals surface area contributed by atoms with Crippen molar-refractivity contribution in [2.24, 2.45) is 5.73 Å². The van der Waals surface area contributed by atoms with Crippen molar-refractivity contribution >= 4 is 35.0 Å². The molecule has 0 saturated carbocycles. The first-order valence-corrected chi connectivity index (χ1v) is 10.1.